The van der Waals surface area contributed by atoms with Crippen molar-refractivity contribution in [2.24, 2.45) is 0 Å². The maximum absolute atomic E-state index is 11.9. The molecule has 1 heterocycles. The Labute approximate surface area is 105 Å². The van der Waals surface area contributed by atoms with Crippen LogP contribution in [0.2, 0.25) is 0 Å². The molecule has 0 aromatic heterocycles. The molecule has 2 rings (SSSR count). The third-order valence-corrected chi connectivity index (χ3v) is 4.02. The van der Waals surface area contributed by atoms with Crippen molar-refractivity contribution < 1.29 is 4.79 Å². The van der Waals surface area contributed by atoms with Crippen molar-refractivity contribution in [1.82, 2.24) is 0 Å². The highest BCUT2D eigenvalue weighted by Gasteiger charge is 2.22. The molecule has 0 N–H and O–H groups in total. The fourth-order valence-electron chi connectivity index (χ4n) is 2.27. The summed E-state index contributed by atoms with van der Waals surface area (Å²) in [7, 11) is 0. The number of carbonyl (C=O) groups excluding carboxylic acids is 1. The molecule has 0 bridgehead atoms. The lowest BCUT2D eigenvalue weighted by atomic mass is 10.0. The first-order valence-electron chi connectivity index (χ1n) is 5.67. The quantitative estimate of drug-likeness (QED) is 0.771. The molecule has 1 saturated heterocycles. The highest BCUT2D eigenvalue weighted by Crippen LogP contribution is 2.32. The second-order valence-corrected chi connectivity index (χ2v) is 5.19. The minimum absolute atomic E-state index is 0.260. The summed E-state index contributed by atoms with van der Waals surface area (Å²) in [6, 6.07) is 4.11. The Hall–Kier alpha value is -0.830. The van der Waals surface area contributed by atoms with Crippen molar-refractivity contribution in [3.05, 3.63) is 27.7 Å². The second-order valence-electron chi connectivity index (χ2n) is 4.34. The van der Waals surface area contributed by atoms with Gasteiger partial charge in [-0.25, -0.2) is 0 Å². The topological polar surface area (TPSA) is 20.3 Å². The fraction of sp³-hybridized carbons (Fsp3) is 0.462. The van der Waals surface area contributed by atoms with Gasteiger partial charge in [0.05, 0.1) is 5.69 Å². The minimum Gasteiger partial charge on any atom is -0.312 e. The van der Waals surface area contributed by atoms with Gasteiger partial charge >= 0.3 is 0 Å². The van der Waals surface area contributed by atoms with Crippen molar-refractivity contribution in [2.75, 3.05) is 11.4 Å². The van der Waals surface area contributed by atoms with E-state index < -0.39 is 0 Å². The fourth-order valence-corrected chi connectivity index (χ4v) is 2.59. The van der Waals surface area contributed by atoms with E-state index in [4.69, 9.17) is 0 Å². The highest BCUT2D eigenvalue weighted by atomic mass is 79.9. The van der Waals surface area contributed by atoms with Gasteiger partial charge in [-0.1, -0.05) is 22.0 Å². The molecule has 0 radical (unpaired) electrons. The molecule has 16 heavy (non-hydrogen) atoms. The number of anilines is 1. The average molecular weight is 282 g/mol. The second kappa shape index (κ2) is 4.58. The maximum atomic E-state index is 11.9. The number of piperidine rings is 1. The third-order valence-electron chi connectivity index (χ3n) is 3.16. The number of halogens is 1. The van der Waals surface area contributed by atoms with Gasteiger partial charge in [0.25, 0.3) is 0 Å². The number of aryl methyl sites for hydroxylation is 1. The number of amides is 1. The number of nitrogens with zero attached hydrogens (tertiary/aromatic N) is 1. The molecule has 1 aromatic carbocycles. The SMILES string of the molecule is Cc1ccc(Br)c(C)c1N1CCCCC1=O. The van der Waals surface area contributed by atoms with Crippen molar-refractivity contribution in [1.29, 1.82) is 0 Å². The van der Waals surface area contributed by atoms with E-state index >= 15 is 0 Å². The zero-order chi connectivity index (χ0) is 11.7. The van der Waals surface area contributed by atoms with Crippen LogP contribution in [-0.2, 0) is 4.79 Å². The van der Waals surface area contributed by atoms with E-state index in [1.165, 1.54) is 5.56 Å². The van der Waals surface area contributed by atoms with Crippen LogP contribution in [0.4, 0.5) is 5.69 Å². The zero-order valence-electron chi connectivity index (χ0n) is 9.72. The maximum Gasteiger partial charge on any atom is 0.226 e. The number of hydrogen-bond acceptors (Lipinski definition) is 1. The molecule has 0 saturated carbocycles. The molecule has 0 spiro atoms. The van der Waals surface area contributed by atoms with Gasteiger partial charge in [-0.2, -0.15) is 0 Å². The van der Waals surface area contributed by atoms with Gasteiger partial charge < -0.3 is 4.90 Å². The van der Waals surface area contributed by atoms with Crippen molar-refractivity contribution in [3.8, 4) is 0 Å². The van der Waals surface area contributed by atoms with E-state index in [1.54, 1.807) is 0 Å². The van der Waals surface area contributed by atoms with Crippen LogP contribution < -0.4 is 4.90 Å². The molecular weight excluding hydrogens is 266 g/mol. The Morgan fingerprint density at radius 1 is 1.25 bits per heavy atom. The molecule has 3 heteroatoms. The highest BCUT2D eigenvalue weighted by molar-refractivity contribution is 9.10. The summed E-state index contributed by atoms with van der Waals surface area (Å²) < 4.78 is 1.08. The summed E-state index contributed by atoms with van der Waals surface area (Å²) in [4.78, 5) is 13.9. The first-order chi connectivity index (χ1) is 7.61. The molecule has 1 amide bonds. The predicted octanol–water partition coefficient (Wildman–Crippen LogP) is 3.58. The molecule has 86 valence electrons. The number of rotatable bonds is 1. The van der Waals surface area contributed by atoms with Crippen LogP contribution in [0.5, 0.6) is 0 Å². The van der Waals surface area contributed by atoms with Crippen LogP contribution in [0.3, 0.4) is 0 Å². The summed E-state index contributed by atoms with van der Waals surface area (Å²) in [5, 5.41) is 0. The normalized spacial score (nSPS) is 16.7. The van der Waals surface area contributed by atoms with Crippen LogP contribution >= 0.6 is 15.9 Å². The molecule has 1 fully saturated rings. The van der Waals surface area contributed by atoms with Crippen molar-refractivity contribution in [3.63, 3.8) is 0 Å². The molecular formula is C13H16BrNO. The van der Waals surface area contributed by atoms with Crippen LogP contribution in [0.25, 0.3) is 0 Å². The van der Waals surface area contributed by atoms with Gasteiger partial charge in [0, 0.05) is 17.4 Å². The van der Waals surface area contributed by atoms with E-state index in [0.29, 0.717) is 6.42 Å². The van der Waals surface area contributed by atoms with Gasteiger partial charge in [-0.05, 0) is 43.9 Å². The lowest BCUT2D eigenvalue weighted by Gasteiger charge is -2.30. The smallest absolute Gasteiger partial charge is 0.226 e. The van der Waals surface area contributed by atoms with E-state index in [-0.39, 0.29) is 5.91 Å². The lowest BCUT2D eigenvalue weighted by molar-refractivity contribution is -0.119. The minimum atomic E-state index is 0.260. The van der Waals surface area contributed by atoms with Gasteiger partial charge in [0.15, 0.2) is 0 Å². The first kappa shape index (κ1) is 11.6. The number of benzene rings is 1. The number of hydrogen-bond donors (Lipinski definition) is 0. The van der Waals surface area contributed by atoms with Crippen molar-refractivity contribution in [2.45, 2.75) is 33.1 Å². The summed E-state index contributed by atoms with van der Waals surface area (Å²) in [6.07, 6.45) is 2.82. The number of carbonyl (C=O) groups is 1. The van der Waals surface area contributed by atoms with Crippen LogP contribution in [0.1, 0.15) is 30.4 Å². The monoisotopic (exact) mass is 281 g/mol. The van der Waals surface area contributed by atoms with E-state index in [1.807, 2.05) is 11.0 Å². The molecule has 1 aromatic rings. The van der Waals surface area contributed by atoms with E-state index in [0.717, 1.165) is 35.1 Å². The average Bonchev–Trinajstić information content (AvgIpc) is 2.27. The van der Waals surface area contributed by atoms with E-state index in [2.05, 4.69) is 35.8 Å². The van der Waals surface area contributed by atoms with Gasteiger partial charge in [0.1, 0.15) is 0 Å². The summed E-state index contributed by atoms with van der Waals surface area (Å²) >= 11 is 3.53. The predicted molar refractivity (Wildman–Crippen MR) is 69.8 cm³/mol. The Morgan fingerprint density at radius 2 is 2.00 bits per heavy atom. The van der Waals surface area contributed by atoms with E-state index in [9.17, 15) is 4.79 Å². The Kier molecular flexibility index (Phi) is 3.33. The molecule has 0 atom stereocenters. The Bertz CT molecular complexity index is 428. The van der Waals surface area contributed by atoms with Gasteiger partial charge in [-0.15, -0.1) is 0 Å². The summed E-state index contributed by atoms with van der Waals surface area (Å²) in [5.41, 5.74) is 3.44. The molecule has 1 aliphatic rings. The first-order valence-corrected chi connectivity index (χ1v) is 6.46. The van der Waals surface area contributed by atoms with Crippen LogP contribution in [0.15, 0.2) is 16.6 Å². The molecule has 0 aliphatic carbocycles. The molecule has 2 nitrogen and oxygen atoms in total. The molecule has 1 aliphatic heterocycles. The summed E-state index contributed by atoms with van der Waals surface area (Å²) in [5.74, 6) is 0.260. The zero-order valence-corrected chi connectivity index (χ0v) is 11.3. The Balaban J connectivity index is 2.46. The Morgan fingerprint density at radius 3 is 2.69 bits per heavy atom. The lowest BCUT2D eigenvalue weighted by Crippen LogP contribution is -2.36. The van der Waals surface area contributed by atoms with Crippen molar-refractivity contribution >= 4 is 27.5 Å². The van der Waals surface area contributed by atoms with Gasteiger partial charge in [-0.3, -0.25) is 4.79 Å². The largest absolute Gasteiger partial charge is 0.312 e. The standard InChI is InChI=1S/C13H16BrNO/c1-9-6-7-11(14)10(2)13(9)15-8-4-3-5-12(15)16/h6-7H,3-5,8H2,1-2H3. The third kappa shape index (κ3) is 2.01. The summed E-state index contributed by atoms with van der Waals surface area (Å²) in [6.45, 7) is 4.99. The van der Waals surface area contributed by atoms with Gasteiger partial charge in [0.2, 0.25) is 5.91 Å². The van der Waals surface area contributed by atoms with Crippen LogP contribution in [-0.4, -0.2) is 12.5 Å². The molecule has 0 unspecified atom stereocenters. The van der Waals surface area contributed by atoms with Crippen LogP contribution in [0, 0.1) is 13.8 Å².